The quantitative estimate of drug-likeness (QED) is 0.503. The highest BCUT2D eigenvalue weighted by atomic mass is 16.5. The first-order valence-electron chi connectivity index (χ1n) is 8.09. The number of esters is 2. The molecule has 0 unspecified atom stereocenters. The monoisotopic (exact) mass is 364 g/mol. The molecule has 1 heterocycles. The van der Waals surface area contributed by atoms with E-state index in [1.807, 2.05) is 0 Å². The minimum Gasteiger partial charge on any atom is -0.427 e. The third-order valence-corrected chi connectivity index (χ3v) is 3.38. The van der Waals surface area contributed by atoms with Crippen LogP contribution in [0.4, 0.5) is 0 Å². The van der Waals surface area contributed by atoms with Gasteiger partial charge in [0, 0.05) is 13.8 Å². The van der Waals surface area contributed by atoms with Gasteiger partial charge in [-0.15, -0.1) is 0 Å². The van der Waals surface area contributed by atoms with E-state index in [-0.39, 0.29) is 11.9 Å². The summed E-state index contributed by atoms with van der Waals surface area (Å²) in [6.45, 7) is 2.67. The molecule has 0 spiro atoms. The minimum atomic E-state index is -0.431. The van der Waals surface area contributed by atoms with Crippen LogP contribution in [0.1, 0.15) is 25.2 Å². The normalized spacial score (nSPS) is 10.7. The summed E-state index contributed by atoms with van der Waals surface area (Å²) in [6.07, 6.45) is 3.48. The van der Waals surface area contributed by atoms with Crippen molar-refractivity contribution in [2.45, 2.75) is 13.8 Å². The lowest BCUT2D eigenvalue weighted by Crippen LogP contribution is -2.02. The minimum absolute atomic E-state index is 0.247. The molecular weight excluding hydrogens is 348 g/mol. The van der Waals surface area contributed by atoms with Crippen LogP contribution in [0.5, 0.6) is 11.5 Å². The van der Waals surface area contributed by atoms with Crippen molar-refractivity contribution in [3.8, 4) is 23.0 Å². The molecule has 7 heteroatoms. The van der Waals surface area contributed by atoms with Crippen molar-refractivity contribution in [3.63, 3.8) is 0 Å². The molecule has 0 N–H and O–H groups in total. The van der Waals surface area contributed by atoms with Crippen molar-refractivity contribution in [1.29, 1.82) is 0 Å². The van der Waals surface area contributed by atoms with Crippen molar-refractivity contribution in [3.05, 3.63) is 59.9 Å². The summed E-state index contributed by atoms with van der Waals surface area (Å²) < 4.78 is 15.4. The Labute approximate surface area is 155 Å². The smallest absolute Gasteiger partial charge is 0.308 e. The Bertz CT molecular complexity index is 990. The number of para-hydroxylation sites is 1. The Morgan fingerprint density at radius 1 is 0.926 bits per heavy atom. The Balaban J connectivity index is 1.76. The van der Waals surface area contributed by atoms with E-state index < -0.39 is 5.97 Å². The van der Waals surface area contributed by atoms with Gasteiger partial charge in [0.1, 0.15) is 11.5 Å². The van der Waals surface area contributed by atoms with Crippen LogP contribution in [-0.2, 0) is 9.59 Å². The van der Waals surface area contributed by atoms with Gasteiger partial charge in [-0.1, -0.05) is 35.5 Å². The Hall–Kier alpha value is -3.74. The predicted molar refractivity (Wildman–Crippen MR) is 97.7 cm³/mol. The van der Waals surface area contributed by atoms with E-state index in [9.17, 15) is 9.59 Å². The van der Waals surface area contributed by atoms with E-state index in [0.717, 1.165) is 5.56 Å². The first-order chi connectivity index (χ1) is 13.0. The lowest BCUT2D eigenvalue weighted by Gasteiger charge is -2.04. The number of hydrogen-bond donors (Lipinski definition) is 0. The number of benzene rings is 2. The number of carbonyl (C=O) groups excluding carboxylic acids is 2. The zero-order valence-electron chi connectivity index (χ0n) is 14.7. The van der Waals surface area contributed by atoms with Crippen LogP contribution in [0.25, 0.3) is 23.6 Å². The zero-order chi connectivity index (χ0) is 19.2. The van der Waals surface area contributed by atoms with Gasteiger partial charge in [-0.25, -0.2) is 0 Å². The Morgan fingerprint density at radius 2 is 1.63 bits per heavy atom. The van der Waals surface area contributed by atoms with Crippen LogP contribution in [-0.4, -0.2) is 22.1 Å². The van der Waals surface area contributed by atoms with E-state index in [2.05, 4.69) is 10.1 Å². The van der Waals surface area contributed by atoms with Gasteiger partial charge >= 0.3 is 11.9 Å². The molecule has 0 aliphatic carbocycles. The fourth-order valence-electron chi connectivity index (χ4n) is 2.28. The van der Waals surface area contributed by atoms with Crippen LogP contribution in [0.2, 0.25) is 0 Å². The lowest BCUT2D eigenvalue weighted by molar-refractivity contribution is -0.132. The maximum absolute atomic E-state index is 11.2. The third-order valence-electron chi connectivity index (χ3n) is 3.38. The Morgan fingerprint density at radius 3 is 2.33 bits per heavy atom. The van der Waals surface area contributed by atoms with E-state index in [1.54, 1.807) is 60.7 Å². The second-order valence-corrected chi connectivity index (χ2v) is 5.54. The first-order valence-corrected chi connectivity index (χ1v) is 8.09. The molecule has 3 aromatic rings. The maximum atomic E-state index is 11.2. The maximum Gasteiger partial charge on any atom is 0.308 e. The van der Waals surface area contributed by atoms with Crippen molar-refractivity contribution < 1.29 is 23.6 Å². The van der Waals surface area contributed by atoms with Gasteiger partial charge in [-0.3, -0.25) is 9.59 Å². The summed E-state index contributed by atoms with van der Waals surface area (Å²) in [5, 5.41) is 3.90. The molecule has 136 valence electrons. The van der Waals surface area contributed by atoms with Gasteiger partial charge < -0.3 is 14.0 Å². The molecule has 0 aliphatic rings. The van der Waals surface area contributed by atoms with Gasteiger partial charge in [0.2, 0.25) is 0 Å². The molecule has 2 aromatic carbocycles. The van der Waals surface area contributed by atoms with Gasteiger partial charge in [0.15, 0.2) is 5.82 Å². The van der Waals surface area contributed by atoms with Crippen LogP contribution >= 0.6 is 0 Å². The second kappa shape index (κ2) is 8.09. The fourth-order valence-corrected chi connectivity index (χ4v) is 2.28. The van der Waals surface area contributed by atoms with E-state index in [4.69, 9.17) is 14.0 Å². The predicted octanol–water partition coefficient (Wildman–Crippen LogP) is 3.76. The highest BCUT2D eigenvalue weighted by molar-refractivity contribution is 5.74. The summed E-state index contributed by atoms with van der Waals surface area (Å²) in [7, 11) is 0. The number of rotatable bonds is 5. The molecule has 3 rings (SSSR count). The molecule has 27 heavy (non-hydrogen) atoms. The number of nitrogens with zero attached hydrogens (tertiary/aromatic N) is 2. The van der Waals surface area contributed by atoms with Crippen LogP contribution < -0.4 is 9.47 Å². The largest absolute Gasteiger partial charge is 0.427 e. The molecule has 0 amide bonds. The fraction of sp³-hybridized carbons (Fsp3) is 0.100. The van der Waals surface area contributed by atoms with Crippen LogP contribution in [0, 0.1) is 0 Å². The van der Waals surface area contributed by atoms with Crippen molar-refractivity contribution >= 4 is 24.1 Å². The number of aromatic nitrogens is 2. The summed E-state index contributed by atoms with van der Waals surface area (Å²) >= 11 is 0. The van der Waals surface area contributed by atoms with Crippen molar-refractivity contribution in [1.82, 2.24) is 10.1 Å². The second-order valence-electron chi connectivity index (χ2n) is 5.54. The molecule has 0 fully saturated rings. The van der Waals surface area contributed by atoms with Gasteiger partial charge in [0.05, 0.1) is 5.56 Å². The van der Waals surface area contributed by atoms with E-state index in [0.29, 0.717) is 22.9 Å². The lowest BCUT2D eigenvalue weighted by atomic mass is 10.2. The highest BCUT2D eigenvalue weighted by Crippen LogP contribution is 2.28. The Kier molecular flexibility index (Phi) is 5.41. The topological polar surface area (TPSA) is 91.5 Å². The molecule has 0 atom stereocenters. The van der Waals surface area contributed by atoms with Gasteiger partial charge in [-0.05, 0) is 35.9 Å². The van der Waals surface area contributed by atoms with E-state index >= 15 is 0 Å². The van der Waals surface area contributed by atoms with Crippen LogP contribution in [0.15, 0.2) is 53.1 Å². The van der Waals surface area contributed by atoms with Gasteiger partial charge in [-0.2, -0.15) is 4.98 Å². The van der Waals surface area contributed by atoms with Gasteiger partial charge in [0.25, 0.3) is 5.89 Å². The average Bonchev–Trinajstić information content (AvgIpc) is 3.09. The SMILES string of the molecule is CC(=O)Oc1ccc(/C=C/c2noc(-c3ccccc3OC(C)=O)n2)cc1. The number of hydrogen-bond acceptors (Lipinski definition) is 7. The molecule has 0 bridgehead atoms. The van der Waals surface area contributed by atoms with Crippen molar-refractivity contribution in [2.75, 3.05) is 0 Å². The molecule has 1 aromatic heterocycles. The molecule has 0 saturated heterocycles. The summed E-state index contributed by atoms with van der Waals surface area (Å²) in [4.78, 5) is 26.4. The standard InChI is InChI=1S/C20H16N2O5/c1-13(23)25-16-10-7-15(8-11-16)9-12-19-21-20(27-22-19)17-5-3-4-6-18(17)26-14(2)24/h3-12H,1-2H3/b12-9+. The summed E-state index contributed by atoms with van der Waals surface area (Å²) in [6, 6.07) is 13.9. The average molecular weight is 364 g/mol. The summed E-state index contributed by atoms with van der Waals surface area (Å²) in [5.41, 5.74) is 1.41. The first kappa shape index (κ1) is 18.1. The highest BCUT2D eigenvalue weighted by Gasteiger charge is 2.14. The molecule has 7 nitrogen and oxygen atoms in total. The summed E-state index contributed by atoms with van der Waals surface area (Å²) in [5.74, 6) is 0.642. The molecule has 0 aliphatic heterocycles. The van der Waals surface area contributed by atoms with E-state index in [1.165, 1.54) is 13.8 Å². The van der Waals surface area contributed by atoms with Crippen molar-refractivity contribution in [2.24, 2.45) is 0 Å². The molecular formula is C20H16N2O5. The van der Waals surface area contributed by atoms with Crippen LogP contribution in [0.3, 0.4) is 0 Å². The molecule has 0 saturated carbocycles. The number of carbonyl (C=O) groups is 2. The zero-order valence-corrected chi connectivity index (χ0v) is 14.7. The number of ether oxygens (including phenoxy) is 2. The third kappa shape index (κ3) is 4.88. The molecule has 0 radical (unpaired) electrons.